The number of hydrogen-bond donors (Lipinski definition) is 2. The maximum atomic E-state index is 13.0. The van der Waals surface area contributed by atoms with E-state index in [0.717, 1.165) is 54.7 Å². The van der Waals surface area contributed by atoms with Crippen molar-refractivity contribution < 1.29 is 21.6 Å². The SMILES string of the molecule is Cc1cc(Nc2ncc(Cl)c(Nc3ccccc3S(=O)(=O)C(C)C)n2)c2c(c1C1CCN(S(=O)(=O)C3CC3)CC1)CC(C)O2. The molecular formula is C31H38ClN5O5S2. The molecule has 3 aliphatic rings. The molecule has 0 spiro atoms. The molecule has 13 heteroatoms. The summed E-state index contributed by atoms with van der Waals surface area (Å²) in [5.41, 5.74) is 4.61. The maximum absolute atomic E-state index is 13.0. The number of fused-ring (bicyclic) bond motifs is 1. The van der Waals surface area contributed by atoms with Gasteiger partial charge in [0.2, 0.25) is 16.0 Å². The van der Waals surface area contributed by atoms with Crippen LogP contribution in [-0.2, 0) is 26.3 Å². The van der Waals surface area contributed by atoms with E-state index in [4.69, 9.17) is 16.3 Å². The Morgan fingerprint density at radius 1 is 1.02 bits per heavy atom. The second-order valence-corrected chi connectivity index (χ2v) is 17.3. The lowest BCUT2D eigenvalue weighted by atomic mass is 9.83. The van der Waals surface area contributed by atoms with Crippen molar-refractivity contribution in [2.75, 3.05) is 23.7 Å². The molecular weight excluding hydrogens is 622 g/mol. The van der Waals surface area contributed by atoms with Gasteiger partial charge in [0, 0.05) is 25.1 Å². The monoisotopic (exact) mass is 659 g/mol. The van der Waals surface area contributed by atoms with Gasteiger partial charge in [-0.3, -0.25) is 0 Å². The van der Waals surface area contributed by atoms with Gasteiger partial charge in [0.15, 0.2) is 15.7 Å². The zero-order valence-corrected chi connectivity index (χ0v) is 27.7. The predicted molar refractivity (Wildman–Crippen MR) is 173 cm³/mol. The van der Waals surface area contributed by atoms with Gasteiger partial charge < -0.3 is 15.4 Å². The van der Waals surface area contributed by atoms with Gasteiger partial charge in [0.1, 0.15) is 16.9 Å². The number of aromatic nitrogens is 2. The minimum atomic E-state index is -3.55. The van der Waals surface area contributed by atoms with Crippen molar-refractivity contribution >= 4 is 54.6 Å². The summed E-state index contributed by atoms with van der Waals surface area (Å²) in [6, 6.07) is 8.71. The average Bonchev–Trinajstić information content (AvgIpc) is 3.77. The topological polar surface area (TPSA) is 131 Å². The lowest BCUT2D eigenvalue weighted by molar-refractivity contribution is 0.256. The zero-order chi connectivity index (χ0) is 31.4. The number of para-hydroxylation sites is 1. The number of anilines is 4. The van der Waals surface area contributed by atoms with Crippen LogP contribution in [0.15, 0.2) is 41.4 Å². The molecule has 0 bridgehead atoms. The van der Waals surface area contributed by atoms with Crippen molar-refractivity contribution in [1.29, 1.82) is 0 Å². The van der Waals surface area contributed by atoms with Gasteiger partial charge in [-0.05, 0) is 88.6 Å². The van der Waals surface area contributed by atoms with Gasteiger partial charge in [-0.25, -0.2) is 26.1 Å². The number of sulfone groups is 1. The third-order valence-electron chi connectivity index (χ3n) is 8.67. The molecule has 2 fully saturated rings. The highest BCUT2D eigenvalue weighted by molar-refractivity contribution is 7.92. The molecule has 1 saturated carbocycles. The predicted octanol–water partition coefficient (Wildman–Crippen LogP) is 6.10. The van der Waals surface area contributed by atoms with Crippen LogP contribution in [0.5, 0.6) is 5.75 Å². The Balaban J connectivity index is 1.26. The third-order valence-corrected chi connectivity index (χ3v) is 13.6. The largest absolute Gasteiger partial charge is 0.488 e. The van der Waals surface area contributed by atoms with E-state index in [9.17, 15) is 16.8 Å². The van der Waals surface area contributed by atoms with Crippen molar-refractivity contribution in [1.82, 2.24) is 14.3 Å². The molecule has 0 radical (unpaired) electrons. The van der Waals surface area contributed by atoms with Crippen LogP contribution in [0.4, 0.5) is 23.1 Å². The summed E-state index contributed by atoms with van der Waals surface area (Å²) in [4.78, 5) is 9.14. The summed E-state index contributed by atoms with van der Waals surface area (Å²) in [6.45, 7) is 8.50. The molecule has 236 valence electrons. The van der Waals surface area contributed by atoms with Crippen LogP contribution < -0.4 is 15.4 Å². The normalized spacial score (nSPS) is 19.5. The number of sulfonamides is 1. The third kappa shape index (κ3) is 5.89. The molecule has 1 unspecified atom stereocenters. The summed E-state index contributed by atoms with van der Waals surface area (Å²) in [6.07, 6.45) is 5.34. The first-order valence-corrected chi connectivity index (χ1v) is 18.5. The molecule has 3 heterocycles. The standard InChI is InChI=1S/C31H38ClN5O5S2/c1-18(2)43(38,39)27-8-6-5-7-25(27)34-30-24(32)17-33-31(36-30)35-26-15-19(3)28(23-16-20(4)42-29(23)26)21-11-13-37(14-12-21)44(40,41)22-9-10-22/h5-8,15,17-18,20-22H,9-14,16H2,1-4H3,(H2,33,34,35,36). The highest BCUT2D eigenvalue weighted by Gasteiger charge is 2.42. The number of ether oxygens (including phenoxy) is 1. The fraction of sp³-hybridized carbons (Fsp3) is 0.484. The highest BCUT2D eigenvalue weighted by atomic mass is 35.5. The molecule has 1 aromatic heterocycles. The fourth-order valence-corrected chi connectivity index (χ4v) is 9.44. The Morgan fingerprint density at radius 2 is 1.73 bits per heavy atom. The zero-order valence-electron chi connectivity index (χ0n) is 25.3. The Bertz CT molecular complexity index is 1800. The van der Waals surface area contributed by atoms with E-state index in [2.05, 4.69) is 27.5 Å². The van der Waals surface area contributed by atoms with Crippen molar-refractivity contribution in [3.05, 3.63) is 58.2 Å². The first-order chi connectivity index (χ1) is 20.9. The summed E-state index contributed by atoms with van der Waals surface area (Å²) < 4.78 is 59.5. The molecule has 1 saturated heterocycles. The van der Waals surface area contributed by atoms with Crippen LogP contribution in [0, 0.1) is 6.92 Å². The van der Waals surface area contributed by atoms with Crippen molar-refractivity contribution in [2.45, 2.75) is 87.2 Å². The molecule has 44 heavy (non-hydrogen) atoms. The van der Waals surface area contributed by atoms with Gasteiger partial charge >= 0.3 is 0 Å². The lowest BCUT2D eigenvalue weighted by Gasteiger charge is -2.33. The Kier molecular flexibility index (Phi) is 8.32. The van der Waals surface area contributed by atoms with Crippen LogP contribution in [-0.4, -0.2) is 60.8 Å². The minimum Gasteiger partial charge on any atom is -0.488 e. The molecule has 1 aliphatic carbocycles. The van der Waals surface area contributed by atoms with Crippen LogP contribution in [0.3, 0.4) is 0 Å². The van der Waals surface area contributed by atoms with Crippen LogP contribution >= 0.6 is 11.6 Å². The van der Waals surface area contributed by atoms with E-state index in [1.54, 1.807) is 42.4 Å². The number of hydrogen-bond acceptors (Lipinski definition) is 9. The summed E-state index contributed by atoms with van der Waals surface area (Å²) in [7, 11) is -6.72. The summed E-state index contributed by atoms with van der Waals surface area (Å²) >= 11 is 6.45. The Hall–Kier alpha value is -2.93. The lowest BCUT2D eigenvalue weighted by Crippen LogP contribution is -2.40. The van der Waals surface area contributed by atoms with Crippen LogP contribution in [0.1, 0.15) is 69.1 Å². The second-order valence-electron chi connectivity index (χ2n) is 12.2. The Morgan fingerprint density at radius 3 is 2.41 bits per heavy atom. The number of aryl methyl sites for hydroxylation is 1. The van der Waals surface area contributed by atoms with E-state index in [-0.39, 0.29) is 39.0 Å². The number of halogens is 1. The second kappa shape index (κ2) is 11.8. The Labute approximate surface area is 264 Å². The quantitative estimate of drug-likeness (QED) is 0.280. The van der Waals surface area contributed by atoms with Gasteiger partial charge in [-0.1, -0.05) is 23.7 Å². The molecule has 1 atom stereocenters. The van der Waals surface area contributed by atoms with E-state index in [1.165, 1.54) is 11.8 Å². The summed E-state index contributed by atoms with van der Waals surface area (Å²) in [5, 5.41) is 5.87. The van der Waals surface area contributed by atoms with Crippen molar-refractivity contribution in [2.24, 2.45) is 0 Å². The molecule has 2 aromatic carbocycles. The van der Waals surface area contributed by atoms with Crippen LogP contribution in [0.2, 0.25) is 5.02 Å². The van der Waals surface area contributed by atoms with Crippen LogP contribution in [0.25, 0.3) is 0 Å². The number of nitrogens with zero attached hydrogens (tertiary/aromatic N) is 3. The number of piperidine rings is 1. The number of nitrogens with one attached hydrogen (secondary N) is 2. The number of rotatable bonds is 9. The van der Waals surface area contributed by atoms with Crippen molar-refractivity contribution in [3.8, 4) is 5.75 Å². The minimum absolute atomic E-state index is 0.01000. The number of benzene rings is 2. The molecule has 0 amide bonds. The molecule has 2 aliphatic heterocycles. The fourth-order valence-electron chi connectivity index (χ4n) is 6.22. The molecule has 2 N–H and O–H groups in total. The smallest absolute Gasteiger partial charge is 0.229 e. The summed E-state index contributed by atoms with van der Waals surface area (Å²) in [5.74, 6) is 1.55. The van der Waals surface area contributed by atoms with E-state index < -0.39 is 25.1 Å². The first kappa shape index (κ1) is 31.1. The molecule has 6 rings (SSSR count). The molecule has 3 aromatic rings. The van der Waals surface area contributed by atoms with Gasteiger partial charge in [-0.15, -0.1) is 0 Å². The van der Waals surface area contributed by atoms with E-state index in [0.29, 0.717) is 18.8 Å². The van der Waals surface area contributed by atoms with Gasteiger partial charge in [-0.2, -0.15) is 4.98 Å². The van der Waals surface area contributed by atoms with Gasteiger partial charge in [0.05, 0.1) is 33.0 Å². The maximum Gasteiger partial charge on any atom is 0.229 e. The van der Waals surface area contributed by atoms with Gasteiger partial charge in [0.25, 0.3) is 0 Å². The highest BCUT2D eigenvalue weighted by Crippen LogP contribution is 2.46. The van der Waals surface area contributed by atoms with E-state index in [1.807, 2.05) is 13.0 Å². The first-order valence-electron chi connectivity index (χ1n) is 15.1. The van der Waals surface area contributed by atoms with E-state index >= 15 is 0 Å². The average molecular weight is 660 g/mol. The van der Waals surface area contributed by atoms with Crippen molar-refractivity contribution in [3.63, 3.8) is 0 Å². The molecule has 10 nitrogen and oxygen atoms in total.